The van der Waals surface area contributed by atoms with Gasteiger partial charge in [-0.25, -0.2) is 4.98 Å². The molecule has 2 aromatic heterocycles. The van der Waals surface area contributed by atoms with Crippen LogP contribution in [0.25, 0.3) is 10.9 Å². The van der Waals surface area contributed by atoms with E-state index in [0.717, 1.165) is 16.7 Å². The van der Waals surface area contributed by atoms with Gasteiger partial charge >= 0.3 is 0 Å². The molecule has 6 nitrogen and oxygen atoms in total. The zero-order valence-electron chi connectivity index (χ0n) is 16.0. The molecule has 3 rings (SSSR count). The van der Waals surface area contributed by atoms with Crippen molar-refractivity contribution in [1.29, 1.82) is 0 Å². The highest BCUT2D eigenvalue weighted by Crippen LogP contribution is 2.30. The summed E-state index contributed by atoms with van der Waals surface area (Å²) in [5, 5.41) is 8.77. The van der Waals surface area contributed by atoms with E-state index in [4.69, 9.17) is 14.6 Å². The average molecular weight is 391 g/mol. The second-order valence-electron chi connectivity index (χ2n) is 5.17. The first-order chi connectivity index (χ1) is 12.8. The van der Waals surface area contributed by atoms with Crippen LogP contribution in [0, 0.1) is 0 Å². The largest absolute Gasteiger partial charge is 0.497 e. The smallest absolute Gasteiger partial charge is 0.157 e. The number of pyridine rings is 1. The zero-order valence-corrected chi connectivity index (χ0v) is 14.6. The topological polar surface area (TPSA) is 77.2 Å². The number of nitrogens with two attached hydrogens (primary N) is 1. The summed E-state index contributed by atoms with van der Waals surface area (Å²) in [4.78, 5) is 6.09. The van der Waals surface area contributed by atoms with Crippen LogP contribution in [0.15, 0.2) is 41.0 Å². The van der Waals surface area contributed by atoms with Gasteiger partial charge in [0, 0.05) is 33.3 Å². The number of hydrogen-bond donors (Lipinski definition) is 1. The fraction of sp³-hybridized carbons (Fsp3) is 0.235. The summed E-state index contributed by atoms with van der Waals surface area (Å²) in [6.07, 6.45) is 1.61. The second kappa shape index (κ2) is 7.00. The molecule has 0 atom stereocenters. The maximum Gasteiger partial charge on any atom is 0.157 e. The lowest BCUT2D eigenvalue weighted by Gasteiger charge is -2.23. The Hall–Kier alpha value is -2.41. The minimum Gasteiger partial charge on any atom is -0.497 e. The first-order valence-electron chi connectivity index (χ1n) is 8.72. The van der Waals surface area contributed by atoms with Crippen molar-refractivity contribution < 1.29 is 8.85 Å². The van der Waals surface area contributed by atoms with Gasteiger partial charge < -0.3 is 15.4 Å². The number of anilines is 2. The number of hydrogen-bond acceptors (Lipinski definition) is 6. The molecule has 0 bridgehead atoms. The van der Waals surface area contributed by atoms with E-state index in [0.29, 0.717) is 22.4 Å². The van der Waals surface area contributed by atoms with E-state index in [-0.39, 0.29) is 12.4 Å². The molecule has 2 heterocycles. The van der Waals surface area contributed by atoms with Crippen LogP contribution in [-0.4, -0.2) is 28.8 Å². The molecule has 0 unspecified atom stereocenters. The third kappa shape index (κ3) is 3.26. The van der Waals surface area contributed by atoms with Gasteiger partial charge in [-0.2, -0.15) is 0 Å². The Bertz CT molecular complexity index is 950. The quantitative estimate of drug-likeness (QED) is 0.718. The van der Waals surface area contributed by atoms with Gasteiger partial charge in [-0.1, -0.05) is 12.1 Å². The van der Waals surface area contributed by atoms with E-state index in [1.54, 1.807) is 24.3 Å². The molecule has 0 amide bonds. The molecule has 124 valence electrons. The average Bonchev–Trinajstić information content (AvgIpc) is 2.61. The van der Waals surface area contributed by atoms with Gasteiger partial charge in [0.05, 0.1) is 7.11 Å². The standard InChI is InChI=1S/C17H18BrN5O/c1-3-23(10-11-4-6-12(24-2)7-5-11)17-16-13(14(18)9-20-17)8-15(19)21-22-16/h4-9H,3,10H2,1-2H3,(H2,19,21)/i1D3. The van der Waals surface area contributed by atoms with Crippen LogP contribution in [0.5, 0.6) is 5.75 Å². The Morgan fingerprint density at radius 3 is 2.79 bits per heavy atom. The van der Waals surface area contributed by atoms with Crippen molar-refractivity contribution in [3.8, 4) is 5.75 Å². The van der Waals surface area contributed by atoms with Crippen LogP contribution in [-0.2, 0) is 6.54 Å². The first kappa shape index (κ1) is 12.9. The van der Waals surface area contributed by atoms with Crippen LogP contribution in [0.4, 0.5) is 11.6 Å². The molecule has 0 saturated carbocycles. The predicted molar refractivity (Wildman–Crippen MR) is 99.2 cm³/mol. The van der Waals surface area contributed by atoms with Crippen LogP contribution in [0.1, 0.15) is 16.5 Å². The van der Waals surface area contributed by atoms with Gasteiger partial charge in [0.25, 0.3) is 0 Å². The molecule has 0 saturated heterocycles. The Morgan fingerprint density at radius 1 is 1.29 bits per heavy atom. The molecule has 0 aliphatic carbocycles. The molecule has 0 aliphatic heterocycles. The molecule has 7 heteroatoms. The fourth-order valence-electron chi connectivity index (χ4n) is 2.39. The van der Waals surface area contributed by atoms with Gasteiger partial charge in [-0.15, -0.1) is 10.2 Å². The highest BCUT2D eigenvalue weighted by atomic mass is 79.9. The van der Waals surface area contributed by atoms with E-state index in [2.05, 4.69) is 31.1 Å². The lowest BCUT2D eigenvalue weighted by Crippen LogP contribution is -2.23. The highest BCUT2D eigenvalue weighted by Gasteiger charge is 2.15. The third-order valence-corrected chi connectivity index (χ3v) is 4.24. The van der Waals surface area contributed by atoms with Crippen LogP contribution in [0.2, 0.25) is 0 Å². The van der Waals surface area contributed by atoms with Crippen molar-refractivity contribution in [3.05, 3.63) is 46.6 Å². The lowest BCUT2D eigenvalue weighted by atomic mass is 10.2. The van der Waals surface area contributed by atoms with Crippen molar-refractivity contribution in [2.75, 3.05) is 24.3 Å². The number of fused-ring (bicyclic) bond motifs is 1. The van der Waals surface area contributed by atoms with E-state index >= 15 is 0 Å². The molecule has 1 aromatic carbocycles. The third-order valence-electron chi connectivity index (χ3n) is 3.60. The summed E-state index contributed by atoms with van der Waals surface area (Å²) in [5.74, 6) is 1.44. The maximum atomic E-state index is 7.70. The van der Waals surface area contributed by atoms with Gasteiger partial charge in [0.2, 0.25) is 0 Å². The van der Waals surface area contributed by atoms with Crippen molar-refractivity contribution in [2.24, 2.45) is 0 Å². The summed E-state index contributed by atoms with van der Waals surface area (Å²) in [6, 6.07) is 9.11. The van der Waals surface area contributed by atoms with E-state index in [9.17, 15) is 0 Å². The highest BCUT2D eigenvalue weighted by molar-refractivity contribution is 9.10. The number of benzene rings is 1. The van der Waals surface area contributed by atoms with Crippen molar-refractivity contribution in [3.63, 3.8) is 0 Å². The summed E-state index contributed by atoms with van der Waals surface area (Å²) < 4.78 is 29.0. The molecule has 2 N–H and O–H groups in total. The maximum absolute atomic E-state index is 7.70. The molecular formula is C17H18BrN5O. The number of rotatable bonds is 5. The lowest BCUT2D eigenvalue weighted by molar-refractivity contribution is 0.414. The first-order valence-corrected chi connectivity index (χ1v) is 8.01. The van der Waals surface area contributed by atoms with Crippen molar-refractivity contribution >= 4 is 38.5 Å². The minimum atomic E-state index is -2.17. The fourth-order valence-corrected chi connectivity index (χ4v) is 2.80. The molecule has 3 aromatic rings. The number of nitrogen functional groups attached to an aromatic ring is 1. The van der Waals surface area contributed by atoms with Gasteiger partial charge in [0.15, 0.2) is 5.82 Å². The minimum absolute atomic E-state index is 0.186. The molecular weight excluding hydrogens is 370 g/mol. The summed E-state index contributed by atoms with van der Waals surface area (Å²) >= 11 is 3.43. The summed E-state index contributed by atoms with van der Waals surface area (Å²) in [6.45, 7) is -2.01. The number of halogens is 1. The Labute approximate surface area is 153 Å². The van der Waals surface area contributed by atoms with E-state index in [1.165, 1.54) is 0 Å². The van der Waals surface area contributed by atoms with Crippen LogP contribution < -0.4 is 15.4 Å². The monoisotopic (exact) mass is 390 g/mol. The molecule has 0 spiro atoms. The Morgan fingerprint density at radius 2 is 2.08 bits per heavy atom. The molecule has 24 heavy (non-hydrogen) atoms. The van der Waals surface area contributed by atoms with Gasteiger partial charge in [-0.05, 0) is 46.5 Å². The Balaban J connectivity index is 2.05. The van der Waals surface area contributed by atoms with E-state index in [1.807, 2.05) is 24.3 Å². The van der Waals surface area contributed by atoms with Gasteiger partial charge in [0.1, 0.15) is 17.1 Å². The van der Waals surface area contributed by atoms with Crippen LogP contribution >= 0.6 is 15.9 Å². The van der Waals surface area contributed by atoms with Gasteiger partial charge in [-0.3, -0.25) is 0 Å². The SMILES string of the molecule is [2H]C([2H])([2H])CN(Cc1ccc(OC)cc1)c1ncc(Br)c2cc(N)nnc12. The molecule has 0 radical (unpaired) electrons. The molecule has 0 fully saturated rings. The number of nitrogens with zero attached hydrogens (tertiary/aromatic N) is 4. The second-order valence-corrected chi connectivity index (χ2v) is 6.02. The van der Waals surface area contributed by atoms with E-state index < -0.39 is 6.85 Å². The number of methoxy groups -OCH3 is 1. The zero-order chi connectivity index (χ0) is 19.6. The molecule has 0 aliphatic rings. The number of aromatic nitrogens is 3. The summed E-state index contributed by atoms with van der Waals surface area (Å²) in [7, 11) is 1.60. The predicted octanol–water partition coefficient (Wildman–Crippen LogP) is 3.40. The van der Waals surface area contributed by atoms with Crippen LogP contribution in [0.3, 0.4) is 0 Å². The normalized spacial score (nSPS) is 13.2. The number of ether oxygens (including phenoxy) is 1. The summed E-state index contributed by atoms with van der Waals surface area (Å²) in [5.41, 5.74) is 7.14. The van der Waals surface area contributed by atoms with Crippen molar-refractivity contribution in [1.82, 2.24) is 15.2 Å². The van der Waals surface area contributed by atoms with Crippen molar-refractivity contribution in [2.45, 2.75) is 13.4 Å². The Kier molecular flexibility index (Phi) is 3.78.